The first-order valence-electron chi connectivity index (χ1n) is 21.1. The zero-order valence-corrected chi connectivity index (χ0v) is 34.6. The normalized spacial score (nSPS) is 15.7. The zero-order chi connectivity index (χ0) is 41.2. The lowest BCUT2D eigenvalue weighted by Gasteiger charge is -2.40. The molecule has 0 saturated carbocycles. The van der Waals surface area contributed by atoms with Gasteiger partial charge < -0.3 is 5.73 Å². The van der Waals surface area contributed by atoms with E-state index in [4.69, 9.17) is 15.7 Å². The van der Waals surface area contributed by atoms with Crippen LogP contribution in [0.5, 0.6) is 0 Å². The lowest BCUT2D eigenvalue weighted by Crippen LogP contribution is -2.32. The van der Waals surface area contributed by atoms with Gasteiger partial charge in [-0.2, -0.15) is 0 Å². The number of benzene rings is 8. The third kappa shape index (κ3) is 5.59. The first-order valence-corrected chi connectivity index (χ1v) is 21.9. The van der Waals surface area contributed by atoms with Gasteiger partial charge in [0.05, 0.1) is 22.8 Å². The highest BCUT2D eigenvalue weighted by atomic mass is 32.2. The number of nitrogens with two attached hydrogens (primary N) is 1. The molecule has 0 fully saturated rings. The highest BCUT2D eigenvalue weighted by Crippen LogP contribution is 2.63. The van der Waals surface area contributed by atoms with Gasteiger partial charge in [-0.15, -0.1) is 4.99 Å². The Hall–Kier alpha value is -7.60. The molecule has 3 aliphatic rings. The summed E-state index contributed by atoms with van der Waals surface area (Å²) in [6.45, 7) is 0.577. The van der Waals surface area contributed by atoms with Gasteiger partial charge in [-0.1, -0.05) is 176 Å². The molecule has 0 unspecified atom stereocenters. The van der Waals surface area contributed by atoms with Gasteiger partial charge in [-0.05, 0) is 86.5 Å². The van der Waals surface area contributed by atoms with Crippen molar-refractivity contribution < 1.29 is 4.58 Å². The maximum absolute atomic E-state index is 6.84. The van der Waals surface area contributed by atoms with Crippen molar-refractivity contribution in [3.63, 3.8) is 0 Å². The molecule has 5 heteroatoms. The van der Waals surface area contributed by atoms with E-state index < -0.39 is 5.41 Å². The Kier molecular flexibility index (Phi) is 8.51. The maximum atomic E-state index is 6.84. The average Bonchev–Trinajstić information content (AvgIpc) is 3.63. The molecule has 1 aromatic heterocycles. The van der Waals surface area contributed by atoms with Gasteiger partial charge >= 0.3 is 0 Å². The number of aromatic nitrogens is 1. The molecule has 0 amide bonds. The fourth-order valence-corrected chi connectivity index (χ4v) is 11.3. The Morgan fingerprint density at radius 3 is 2.08 bits per heavy atom. The van der Waals surface area contributed by atoms with E-state index >= 15 is 0 Å². The van der Waals surface area contributed by atoms with Crippen LogP contribution in [0.2, 0.25) is 0 Å². The summed E-state index contributed by atoms with van der Waals surface area (Å²) in [5, 5.41) is 3.56. The average molecular weight is 812 g/mol. The van der Waals surface area contributed by atoms with Crippen molar-refractivity contribution >= 4 is 45.1 Å². The minimum absolute atomic E-state index is 0.451. The van der Waals surface area contributed by atoms with E-state index in [1.54, 1.807) is 0 Å². The standard InChI is InChI=1S/C57H38N4S/c58-56(61-34-13-12-27-52(61)59-36-37-15-2-1-3-16-37)39-30-28-38(29-31-39)40-17-14-18-41(35-40)54-45-32-33-49-55(53(45)44-21-6-10-25-50(44)60-54)62-51-26-11-9-24-48(51)57(49)46-22-7-4-19-42(46)43-20-5-8-23-47(43)57/h1-35,58H,36H2/p+1. The largest absolute Gasteiger partial charge is 0.318 e. The summed E-state index contributed by atoms with van der Waals surface area (Å²) < 4.78 is 1.96. The van der Waals surface area contributed by atoms with Crippen molar-refractivity contribution in [3.05, 3.63) is 246 Å². The molecule has 0 saturated heterocycles. The Bertz CT molecular complexity index is 3370. The van der Waals surface area contributed by atoms with Crippen LogP contribution in [0.1, 0.15) is 33.4 Å². The molecule has 0 radical (unpaired) electrons. The number of hydrogen-bond donors (Lipinski definition) is 1. The fraction of sp³-hybridized carbons (Fsp3) is 0.0351. The molecule has 1 aliphatic carbocycles. The molecule has 3 heterocycles. The Balaban J connectivity index is 0.981. The quantitative estimate of drug-likeness (QED) is 0.107. The van der Waals surface area contributed by atoms with Crippen LogP contribution in [0.25, 0.3) is 55.2 Å². The minimum Gasteiger partial charge on any atom is -0.318 e. The number of aliphatic imine (C=N–C) groups is 1. The molecule has 12 rings (SSSR count). The monoisotopic (exact) mass is 811 g/mol. The second-order valence-electron chi connectivity index (χ2n) is 16.1. The molecule has 9 aromatic rings. The predicted molar refractivity (Wildman–Crippen MR) is 256 cm³/mol. The summed E-state index contributed by atoms with van der Waals surface area (Å²) >= 11 is 1.90. The van der Waals surface area contributed by atoms with E-state index in [0.29, 0.717) is 12.4 Å². The fourth-order valence-electron chi connectivity index (χ4n) is 9.91. The Morgan fingerprint density at radius 1 is 0.581 bits per heavy atom. The molecule has 8 aromatic carbocycles. The predicted octanol–water partition coefficient (Wildman–Crippen LogP) is 12.9. The zero-order valence-electron chi connectivity index (χ0n) is 33.7. The highest BCUT2D eigenvalue weighted by molar-refractivity contribution is 7.99. The Morgan fingerprint density at radius 2 is 1.27 bits per heavy atom. The lowest BCUT2D eigenvalue weighted by atomic mass is 9.67. The van der Waals surface area contributed by atoms with Crippen molar-refractivity contribution in [3.8, 4) is 33.5 Å². The second kappa shape index (κ2) is 14.5. The van der Waals surface area contributed by atoms with Gasteiger partial charge in [-0.25, -0.2) is 9.56 Å². The Labute approximate surface area is 364 Å². The number of allylic oxidation sites excluding steroid dienone is 2. The number of rotatable bonds is 5. The van der Waals surface area contributed by atoms with Gasteiger partial charge in [0.15, 0.2) is 0 Å². The molecule has 0 bridgehead atoms. The van der Waals surface area contributed by atoms with Crippen LogP contribution < -0.4 is 5.73 Å². The number of para-hydroxylation sites is 1. The van der Waals surface area contributed by atoms with Crippen LogP contribution in [-0.2, 0) is 12.0 Å². The van der Waals surface area contributed by atoms with E-state index in [1.807, 2.05) is 59.0 Å². The molecule has 4 nitrogen and oxygen atoms in total. The maximum Gasteiger partial charge on any atom is 0.261 e. The van der Waals surface area contributed by atoms with E-state index in [0.717, 1.165) is 55.6 Å². The number of fused-ring (bicyclic) bond motifs is 13. The first kappa shape index (κ1) is 36.3. The van der Waals surface area contributed by atoms with Gasteiger partial charge in [0.2, 0.25) is 5.84 Å². The number of pyridine rings is 1. The van der Waals surface area contributed by atoms with Crippen LogP contribution in [0.3, 0.4) is 0 Å². The van der Waals surface area contributed by atoms with Crippen molar-refractivity contribution in [1.29, 1.82) is 0 Å². The third-order valence-corrected chi connectivity index (χ3v) is 13.9. The molecular formula is C57H39N4S+. The van der Waals surface area contributed by atoms with Gasteiger partial charge in [0.25, 0.3) is 5.84 Å². The van der Waals surface area contributed by atoms with Crippen molar-refractivity contribution in [1.82, 2.24) is 4.98 Å². The molecule has 2 N–H and O–H groups in total. The van der Waals surface area contributed by atoms with Crippen molar-refractivity contribution in [2.45, 2.75) is 21.8 Å². The minimum atomic E-state index is -0.451. The van der Waals surface area contributed by atoms with E-state index in [2.05, 4.69) is 170 Å². The van der Waals surface area contributed by atoms with Crippen LogP contribution >= 0.6 is 11.8 Å². The van der Waals surface area contributed by atoms with Gasteiger partial charge in [0.1, 0.15) is 6.54 Å². The topological polar surface area (TPSA) is 54.3 Å². The summed E-state index contributed by atoms with van der Waals surface area (Å²) in [4.78, 5) is 12.9. The van der Waals surface area contributed by atoms with Gasteiger partial charge in [0, 0.05) is 43.2 Å². The van der Waals surface area contributed by atoms with Crippen LogP contribution in [0, 0.1) is 0 Å². The molecule has 292 valence electrons. The van der Waals surface area contributed by atoms with E-state index in [1.165, 1.54) is 48.6 Å². The summed E-state index contributed by atoms with van der Waals surface area (Å²) in [5.41, 5.74) is 21.7. The number of hydrogen-bond acceptors (Lipinski definition) is 3. The van der Waals surface area contributed by atoms with E-state index in [9.17, 15) is 0 Å². The summed E-state index contributed by atoms with van der Waals surface area (Å²) in [7, 11) is 0. The van der Waals surface area contributed by atoms with Crippen LogP contribution in [-0.4, -0.2) is 21.2 Å². The summed E-state index contributed by atoms with van der Waals surface area (Å²) in [6.07, 6.45) is 7.95. The molecule has 0 atom stereocenters. The first-order chi connectivity index (χ1) is 30.7. The molecule has 62 heavy (non-hydrogen) atoms. The van der Waals surface area contributed by atoms with Crippen LogP contribution in [0.15, 0.2) is 227 Å². The molecule has 2 aliphatic heterocycles. The second-order valence-corrected chi connectivity index (χ2v) is 17.1. The SMILES string of the molecule is NC(c1ccc(-c2cccc(-c3nc4ccccc4c4c5c(ccc34)C3(c4ccccc4S5)c4ccccc4-c4ccccc43)c2)cc1)=[N+]1C=CC=CC1=NCc1ccccc1. The van der Waals surface area contributed by atoms with Crippen LogP contribution in [0.4, 0.5) is 0 Å². The number of amidine groups is 2. The lowest BCUT2D eigenvalue weighted by molar-refractivity contribution is -0.324. The highest BCUT2D eigenvalue weighted by Gasteiger charge is 2.50. The van der Waals surface area contributed by atoms with Crippen molar-refractivity contribution in [2.24, 2.45) is 10.7 Å². The number of nitrogens with zero attached hydrogens (tertiary/aromatic N) is 3. The summed E-state index contributed by atoms with van der Waals surface area (Å²) in [5.74, 6) is 1.43. The molecule has 1 spiro atoms. The molecular weight excluding hydrogens is 773 g/mol. The van der Waals surface area contributed by atoms with Crippen molar-refractivity contribution in [2.75, 3.05) is 0 Å². The summed E-state index contributed by atoms with van der Waals surface area (Å²) in [6, 6.07) is 68.0. The third-order valence-electron chi connectivity index (χ3n) is 12.7. The smallest absolute Gasteiger partial charge is 0.261 e. The van der Waals surface area contributed by atoms with Gasteiger partial charge in [-0.3, -0.25) is 0 Å². The van der Waals surface area contributed by atoms with E-state index in [-0.39, 0.29) is 0 Å².